The van der Waals surface area contributed by atoms with Crippen molar-refractivity contribution in [2.45, 2.75) is 6.92 Å². The highest BCUT2D eigenvalue weighted by molar-refractivity contribution is 6.05. The summed E-state index contributed by atoms with van der Waals surface area (Å²) in [7, 11) is 1.56. The van der Waals surface area contributed by atoms with Gasteiger partial charge >= 0.3 is 0 Å². The molecular weight excluding hydrogens is 308 g/mol. The first-order valence-electron chi connectivity index (χ1n) is 7.34. The van der Waals surface area contributed by atoms with Crippen molar-refractivity contribution in [1.82, 2.24) is 14.6 Å². The van der Waals surface area contributed by atoms with Crippen LogP contribution in [0, 0.1) is 6.92 Å². The van der Waals surface area contributed by atoms with Gasteiger partial charge in [-0.25, -0.2) is 9.50 Å². The van der Waals surface area contributed by atoms with Crippen molar-refractivity contribution in [2.24, 2.45) is 0 Å². The van der Waals surface area contributed by atoms with Gasteiger partial charge in [-0.1, -0.05) is 12.1 Å². The summed E-state index contributed by atoms with van der Waals surface area (Å²) in [6.45, 7) is 1.88. The molecule has 1 amide bonds. The fraction of sp³-hybridized carbons (Fsp3) is 0.118. The number of para-hydroxylation sites is 1. The van der Waals surface area contributed by atoms with E-state index in [-0.39, 0.29) is 11.7 Å². The molecule has 4 rings (SSSR count). The van der Waals surface area contributed by atoms with Crippen LogP contribution in [0.15, 0.2) is 47.1 Å². The lowest BCUT2D eigenvalue weighted by Crippen LogP contribution is -2.11. The van der Waals surface area contributed by atoms with E-state index < -0.39 is 0 Å². The van der Waals surface area contributed by atoms with Crippen molar-refractivity contribution in [2.75, 3.05) is 12.4 Å². The Balaban J connectivity index is 1.65. The second-order valence-electron chi connectivity index (χ2n) is 5.37. The minimum atomic E-state index is -0.363. The molecule has 0 spiro atoms. The van der Waals surface area contributed by atoms with Crippen molar-refractivity contribution in [3.8, 4) is 5.75 Å². The Morgan fingerprint density at radius 1 is 1.33 bits per heavy atom. The fourth-order valence-electron chi connectivity index (χ4n) is 2.56. The summed E-state index contributed by atoms with van der Waals surface area (Å²) < 4.78 is 12.5. The quantitative estimate of drug-likeness (QED) is 0.627. The van der Waals surface area contributed by atoms with Crippen LogP contribution in [0.3, 0.4) is 0 Å². The molecule has 3 heterocycles. The first-order chi connectivity index (χ1) is 11.6. The number of nitrogens with one attached hydrogen (secondary N) is 1. The standard InChI is InChI=1S/C17H14N4O3/c1-10-6-15-18-8-12(9-21(15)20-10)19-17(22)14-7-11-4-3-5-13(23-2)16(11)24-14/h3-9H,1-2H3,(H,19,22). The number of carbonyl (C=O) groups is 1. The van der Waals surface area contributed by atoms with E-state index in [1.165, 1.54) is 0 Å². The minimum absolute atomic E-state index is 0.200. The number of benzene rings is 1. The fourth-order valence-corrected chi connectivity index (χ4v) is 2.56. The molecule has 1 N–H and O–H groups in total. The molecule has 7 heteroatoms. The smallest absolute Gasteiger partial charge is 0.291 e. The van der Waals surface area contributed by atoms with Gasteiger partial charge in [0.1, 0.15) is 0 Å². The van der Waals surface area contributed by atoms with Gasteiger partial charge in [-0.15, -0.1) is 0 Å². The van der Waals surface area contributed by atoms with Gasteiger partial charge in [0.2, 0.25) is 0 Å². The summed E-state index contributed by atoms with van der Waals surface area (Å²) in [5.41, 5.74) is 2.65. The first kappa shape index (κ1) is 14.3. The van der Waals surface area contributed by atoms with Gasteiger partial charge in [0.15, 0.2) is 22.7 Å². The third kappa shape index (κ3) is 2.36. The average molecular weight is 322 g/mol. The molecule has 24 heavy (non-hydrogen) atoms. The number of methoxy groups -OCH3 is 1. The molecule has 4 aromatic rings. The summed E-state index contributed by atoms with van der Waals surface area (Å²) in [5.74, 6) is 0.422. The monoisotopic (exact) mass is 322 g/mol. The molecule has 0 radical (unpaired) electrons. The van der Waals surface area contributed by atoms with E-state index in [0.29, 0.717) is 17.0 Å². The van der Waals surface area contributed by atoms with Gasteiger partial charge in [0.05, 0.1) is 30.9 Å². The molecule has 0 fully saturated rings. The number of amides is 1. The number of carbonyl (C=O) groups excluding carboxylic acids is 1. The summed E-state index contributed by atoms with van der Waals surface area (Å²) in [6.07, 6.45) is 3.29. The highest BCUT2D eigenvalue weighted by Gasteiger charge is 2.15. The number of aryl methyl sites for hydroxylation is 1. The predicted molar refractivity (Wildman–Crippen MR) is 88.4 cm³/mol. The lowest BCUT2D eigenvalue weighted by Gasteiger charge is -2.03. The summed E-state index contributed by atoms with van der Waals surface area (Å²) >= 11 is 0. The van der Waals surface area contributed by atoms with Gasteiger partial charge in [0, 0.05) is 11.5 Å². The first-order valence-corrected chi connectivity index (χ1v) is 7.34. The number of hydrogen-bond acceptors (Lipinski definition) is 5. The van der Waals surface area contributed by atoms with E-state index in [1.807, 2.05) is 25.1 Å². The number of anilines is 1. The van der Waals surface area contributed by atoms with Crippen LogP contribution in [-0.2, 0) is 0 Å². The van der Waals surface area contributed by atoms with E-state index in [0.717, 1.165) is 16.7 Å². The lowest BCUT2D eigenvalue weighted by atomic mass is 10.2. The van der Waals surface area contributed by atoms with E-state index in [2.05, 4.69) is 15.4 Å². The molecule has 0 saturated heterocycles. The Kier molecular flexibility index (Phi) is 3.19. The van der Waals surface area contributed by atoms with Crippen LogP contribution in [0.1, 0.15) is 16.2 Å². The molecule has 120 valence electrons. The largest absolute Gasteiger partial charge is 0.493 e. The maximum atomic E-state index is 12.4. The van der Waals surface area contributed by atoms with Crippen LogP contribution < -0.4 is 10.1 Å². The van der Waals surface area contributed by atoms with Crippen LogP contribution in [0.25, 0.3) is 16.6 Å². The number of rotatable bonds is 3. The summed E-state index contributed by atoms with van der Waals surface area (Å²) in [6, 6.07) is 9.02. The van der Waals surface area contributed by atoms with Crippen LogP contribution in [0.4, 0.5) is 5.69 Å². The number of hydrogen-bond donors (Lipinski definition) is 1. The second-order valence-corrected chi connectivity index (χ2v) is 5.37. The Morgan fingerprint density at radius 2 is 2.21 bits per heavy atom. The van der Waals surface area contributed by atoms with Gasteiger partial charge in [0.25, 0.3) is 5.91 Å². The number of nitrogens with zero attached hydrogens (tertiary/aromatic N) is 3. The zero-order chi connectivity index (χ0) is 16.7. The van der Waals surface area contributed by atoms with Crippen LogP contribution in [0.5, 0.6) is 5.75 Å². The maximum Gasteiger partial charge on any atom is 0.291 e. The Hall–Kier alpha value is -3.35. The molecule has 3 aromatic heterocycles. The molecular formula is C17H14N4O3. The highest BCUT2D eigenvalue weighted by Crippen LogP contribution is 2.28. The van der Waals surface area contributed by atoms with Crippen molar-refractivity contribution >= 4 is 28.2 Å². The van der Waals surface area contributed by atoms with E-state index in [1.54, 1.807) is 36.2 Å². The van der Waals surface area contributed by atoms with Crippen molar-refractivity contribution < 1.29 is 13.9 Å². The lowest BCUT2D eigenvalue weighted by molar-refractivity contribution is 0.0998. The van der Waals surface area contributed by atoms with Crippen LogP contribution >= 0.6 is 0 Å². The van der Waals surface area contributed by atoms with Crippen molar-refractivity contribution in [1.29, 1.82) is 0 Å². The molecule has 1 aromatic carbocycles. The third-order valence-electron chi connectivity index (χ3n) is 3.65. The van der Waals surface area contributed by atoms with E-state index in [4.69, 9.17) is 9.15 Å². The van der Waals surface area contributed by atoms with Gasteiger partial charge in [-0.2, -0.15) is 5.10 Å². The Labute approximate surface area is 136 Å². The molecule has 0 aliphatic heterocycles. The molecule has 0 bridgehead atoms. The Morgan fingerprint density at radius 3 is 3.04 bits per heavy atom. The van der Waals surface area contributed by atoms with Crippen molar-refractivity contribution in [3.05, 3.63) is 54.2 Å². The molecule has 0 atom stereocenters. The third-order valence-corrected chi connectivity index (χ3v) is 3.65. The van der Waals surface area contributed by atoms with Crippen molar-refractivity contribution in [3.63, 3.8) is 0 Å². The Bertz CT molecular complexity index is 1060. The predicted octanol–water partition coefficient (Wildman–Crippen LogP) is 3.04. The highest BCUT2D eigenvalue weighted by atomic mass is 16.5. The van der Waals surface area contributed by atoms with E-state index in [9.17, 15) is 4.79 Å². The summed E-state index contributed by atoms with van der Waals surface area (Å²) in [5, 5.41) is 7.84. The zero-order valence-electron chi connectivity index (χ0n) is 13.1. The molecule has 0 aliphatic carbocycles. The number of aromatic nitrogens is 3. The SMILES string of the molecule is COc1cccc2cc(C(=O)Nc3cnc4cc(C)nn4c3)oc12. The zero-order valence-corrected chi connectivity index (χ0v) is 13.1. The number of ether oxygens (including phenoxy) is 1. The second kappa shape index (κ2) is 5.38. The molecule has 0 aliphatic rings. The summed E-state index contributed by atoms with van der Waals surface area (Å²) in [4.78, 5) is 16.7. The van der Waals surface area contributed by atoms with E-state index >= 15 is 0 Å². The molecule has 0 saturated carbocycles. The molecule has 0 unspecified atom stereocenters. The average Bonchev–Trinajstić information content (AvgIpc) is 3.16. The van der Waals surface area contributed by atoms with Gasteiger partial charge in [-0.3, -0.25) is 4.79 Å². The number of fused-ring (bicyclic) bond motifs is 2. The maximum absolute atomic E-state index is 12.4. The topological polar surface area (TPSA) is 81.7 Å². The van der Waals surface area contributed by atoms with Crippen LogP contribution in [-0.4, -0.2) is 27.6 Å². The number of furan rings is 1. The normalized spacial score (nSPS) is 11.1. The van der Waals surface area contributed by atoms with Gasteiger partial charge in [-0.05, 0) is 19.1 Å². The minimum Gasteiger partial charge on any atom is -0.493 e. The van der Waals surface area contributed by atoms with Gasteiger partial charge < -0.3 is 14.5 Å². The van der Waals surface area contributed by atoms with Crippen LogP contribution in [0.2, 0.25) is 0 Å². The molecule has 7 nitrogen and oxygen atoms in total.